The summed E-state index contributed by atoms with van der Waals surface area (Å²) in [5.74, 6) is 0.938. The Labute approximate surface area is 134 Å². The zero-order valence-electron chi connectivity index (χ0n) is 12.8. The van der Waals surface area contributed by atoms with Crippen molar-refractivity contribution in [3.05, 3.63) is 66.1 Å². The molecule has 0 saturated carbocycles. The first kappa shape index (κ1) is 15.0. The van der Waals surface area contributed by atoms with Gasteiger partial charge < -0.3 is 9.73 Å². The molecule has 3 aromatic rings. The number of rotatable bonds is 5. The lowest BCUT2D eigenvalue weighted by Gasteiger charge is -2.06. The summed E-state index contributed by atoms with van der Waals surface area (Å²) in [7, 11) is 0. The summed E-state index contributed by atoms with van der Waals surface area (Å²) >= 11 is 0. The Morgan fingerprint density at radius 1 is 1.09 bits per heavy atom. The van der Waals surface area contributed by atoms with Crippen LogP contribution in [0.3, 0.4) is 0 Å². The van der Waals surface area contributed by atoms with Gasteiger partial charge in [0.2, 0.25) is 17.7 Å². The van der Waals surface area contributed by atoms with E-state index in [1.807, 2.05) is 54.6 Å². The number of benzene rings is 2. The minimum Gasteiger partial charge on any atom is -0.421 e. The van der Waals surface area contributed by atoms with Crippen LogP contribution >= 0.6 is 0 Å². The largest absolute Gasteiger partial charge is 0.421 e. The van der Waals surface area contributed by atoms with E-state index in [-0.39, 0.29) is 5.91 Å². The molecule has 0 unspecified atom stereocenters. The van der Waals surface area contributed by atoms with Gasteiger partial charge in [0.1, 0.15) is 0 Å². The van der Waals surface area contributed by atoms with Crippen molar-refractivity contribution in [3.8, 4) is 11.5 Å². The van der Waals surface area contributed by atoms with Gasteiger partial charge in [0.05, 0.1) is 0 Å². The van der Waals surface area contributed by atoms with Gasteiger partial charge in [0.15, 0.2) is 0 Å². The van der Waals surface area contributed by atoms with Crippen molar-refractivity contribution in [1.82, 2.24) is 10.2 Å². The minimum atomic E-state index is -0.0206. The van der Waals surface area contributed by atoms with E-state index in [2.05, 4.69) is 15.5 Å². The molecule has 0 fully saturated rings. The van der Waals surface area contributed by atoms with Crippen LogP contribution in [0.5, 0.6) is 0 Å². The molecule has 0 atom stereocenters. The Morgan fingerprint density at radius 2 is 1.91 bits per heavy atom. The highest BCUT2D eigenvalue weighted by atomic mass is 16.4. The van der Waals surface area contributed by atoms with Gasteiger partial charge in [-0.2, -0.15) is 0 Å². The number of nitrogens with one attached hydrogen (secondary N) is 1. The summed E-state index contributed by atoms with van der Waals surface area (Å²) in [6, 6.07) is 17.3. The van der Waals surface area contributed by atoms with E-state index in [4.69, 9.17) is 4.42 Å². The van der Waals surface area contributed by atoms with Gasteiger partial charge in [-0.25, -0.2) is 0 Å². The average Bonchev–Trinajstić information content (AvgIpc) is 3.01. The summed E-state index contributed by atoms with van der Waals surface area (Å²) < 4.78 is 5.40. The van der Waals surface area contributed by atoms with Crippen molar-refractivity contribution in [3.63, 3.8) is 0 Å². The average molecular weight is 307 g/mol. The van der Waals surface area contributed by atoms with Crippen molar-refractivity contribution in [2.45, 2.75) is 19.8 Å². The zero-order chi connectivity index (χ0) is 16.1. The fourth-order valence-corrected chi connectivity index (χ4v) is 2.27. The second-order valence-corrected chi connectivity index (χ2v) is 5.24. The number of aromatic nitrogens is 2. The third-order valence-corrected chi connectivity index (χ3v) is 3.40. The Kier molecular flexibility index (Phi) is 4.47. The standard InChI is InChI=1S/C18H17N3O2/c1-13-20-21-18(23-13)15-8-5-9-16(12-15)19-17(22)11-10-14-6-3-2-4-7-14/h2-9,12H,10-11H2,1H3,(H,19,22). The quantitative estimate of drug-likeness (QED) is 0.781. The number of carbonyl (C=O) groups is 1. The van der Waals surface area contributed by atoms with Crippen molar-refractivity contribution in [2.24, 2.45) is 0 Å². The second kappa shape index (κ2) is 6.87. The van der Waals surface area contributed by atoms with Gasteiger partial charge in [-0.05, 0) is 30.2 Å². The first-order chi connectivity index (χ1) is 11.2. The Bertz CT molecular complexity index is 797. The molecule has 0 saturated heterocycles. The maximum Gasteiger partial charge on any atom is 0.247 e. The molecule has 116 valence electrons. The van der Waals surface area contributed by atoms with E-state index in [1.165, 1.54) is 0 Å². The molecule has 3 rings (SSSR count). The van der Waals surface area contributed by atoms with Crippen LogP contribution in [-0.4, -0.2) is 16.1 Å². The molecule has 1 heterocycles. The number of nitrogens with zero attached hydrogens (tertiary/aromatic N) is 2. The molecule has 0 aliphatic heterocycles. The predicted molar refractivity (Wildman–Crippen MR) is 87.9 cm³/mol. The van der Waals surface area contributed by atoms with Crippen molar-refractivity contribution < 1.29 is 9.21 Å². The molecule has 1 aromatic heterocycles. The summed E-state index contributed by atoms with van der Waals surface area (Å²) in [6.07, 6.45) is 1.16. The zero-order valence-corrected chi connectivity index (χ0v) is 12.8. The van der Waals surface area contributed by atoms with Crippen LogP contribution in [0.2, 0.25) is 0 Å². The third-order valence-electron chi connectivity index (χ3n) is 3.40. The molecular formula is C18H17N3O2. The summed E-state index contributed by atoms with van der Waals surface area (Å²) in [5.41, 5.74) is 2.65. The third kappa shape index (κ3) is 4.03. The van der Waals surface area contributed by atoms with Crippen LogP contribution in [0.1, 0.15) is 17.9 Å². The molecule has 1 N–H and O–H groups in total. The molecule has 2 aromatic carbocycles. The summed E-state index contributed by atoms with van der Waals surface area (Å²) in [6.45, 7) is 1.74. The fourth-order valence-electron chi connectivity index (χ4n) is 2.27. The number of anilines is 1. The highest BCUT2D eigenvalue weighted by molar-refractivity contribution is 5.91. The molecule has 0 radical (unpaired) electrons. The van der Waals surface area contributed by atoms with Gasteiger partial charge in [0, 0.05) is 24.6 Å². The van der Waals surface area contributed by atoms with Gasteiger partial charge in [-0.1, -0.05) is 36.4 Å². The molecule has 0 bridgehead atoms. The van der Waals surface area contributed by atoms with E-state index >= 15 is 0 Å². The highest BCUT2D eigenvalue weighted by Crippen LogP contribution is 2.21. The second-order valence-electron chi connectivity index (χ2n) is 5.24. The van der Waals surface area contributed by atoms with Crippen LogP contribution in [0, 0.1) is 6.92 Å². The fraction of sp³-hybridized carbons (Fsp3) is 0.167. The van der Waals surface area contributed by atoms with E-state index in [9.17, 15) is 4.79 Å². The Balaban J connectivity index is 1.62. The molecule has 0 spiro atoms. The first-order valence-electron chi connectivity index (χ1n) is 7.45. The maximum atomic E-state index is 12.1. The number of hydrogen-bond donors (Lipinski definition) is 1. The lowest BCUT2D eigenvalue weighted by molar-refractivity contribution is -0.116. The van der Waals surface area contributed by atoms with Gasteiger partial charge in [0.25, 0.3) is 0 Å². The molecule has 1 amide bonds. The summed E-state index contributed by atoms with van der Waals surface area (Å²) in [5, 5.41) is 10.7. The molecule has 0 aliphatic rings. The van der Waals surface area contributed by atoms with Crippen molar-refractivity contribution in [1.29, 1.82) is 0 Å². The molecule has 5 heteroatoms. The number of carbonyl (C=O) groups excluding carboxylic acids is 1. The van der Waals surface area contributed by atoms with Gasteiger partial charge in [-0.15, -0.1) is 10.2 Å². The monoisotopic (exact) mass is 307 g/mol. The smallest absolute Gasteiger partial charge is 0.247 e. The molecular weight excluding hydrogens is 290 g/mol. The number of amides is 1. The Hall–Kier alpha value is -2.95. The number of hydrogen-bond acceptors (Lipinski definition) is 4. The van der Waals surface area contributed by atoms with Crippen molar-refractivity contribution >= 4 is 11.6 Å². The molecule has 0 aliphatic carbocycles. The van der Waals surface area contributed by atoms with E-state index in [0.29, 0.717) is 18.2 Å². The Morgan fingerprint density at radius 3 is 2.65 bits per heavy atom. The van der Waals surface area contributed by atoms with Crippen LogP contribution in [-0.2, 0) is 11.2 Å². The van der Waals surface area contributed by atoms with Crippen LogP contribution < -0.4 is 5.32 Å². The topological polar surface area (TPSA) is 68.0 Å². The van der Waals surface area contributed by atoms with Crippen molar-refractivity contribution in [2.75, 3.05) is 5.32 Å². The minimum absolute atomic E-state index is 0.0206. The van der Waals surface area contributed by atoms with Crippen LogP contribution in [0.25, 0.3) is 11.5 Å². The lowest BCUT2D eigenvalue weighted by atomic mass is 10.1. The summed E-state index contributed by atoms with van der Waals surface area (Å²) in [4.78, 5) is 12.1. The number of aryl methyl sites for hydroxylation is 2. The van der Waals surface area contributed by atoms with Crippen LogP contribution in [0.15, 0.2) is 59.0 Å². The lowest BCUT2D eigenvalue weighted by Crippen LogP contribution is -2.12. The highest BCUT2D eigenvalue weighted by Gasteiger charge is 2.08. The van der Waals surface area contributed by atoms with E-state index in [1.54, 1.807) is 6.92 Å². The van der Waals surface area contributed by atoms with Gasteiger partial charge >= 0.3 is 0 Å². The maximum absolute atomic E-state index is 12.1. The van der Waals surface area contributed by atoms with Gasteiger partial charge in [-0.3, -0.25) is 4.79 Å². The first-order valence-corrected chi connectivity index (χ1v) is 7.45. The SMILES string of the molecule is Cc1nnc(-c2cccc(NC(=O)CCc3ccccc3)c2)o1. The normalized spacial score (nSPS) is 10.5. The van der Waals surface area contributed by atoms with E-state index in [0.717, 1.165) is 23.2 Å². The van der Waals surface area contributed by atoms with E-state index < -0.39 is 0 Å². The molecule has 23 heavy (non-hydrogen) atoms. The van der Waals surface area contributed by atoms with Crippen LogP contribution in [0.4, 0.5) is 5.69 Å². The predicted octanol–water partition coefficient (Wildman–Crippen LogP) is 3.62. The molecule has 5 nitrogen and oxygen atoms in total.